The molecule has 35 heavy (non-hydrogen) atoms. The summed E-state index contributed by atoms with van der Waals surface area (Å²) in [5.74, 6) is -0.812. The van der Waals surface area contributed by atoms with Crippen LogP contribution in [0.4, 0.5) is 4.79 Å². The van der Waals surface area contributed by atoms with Crippen molar-refractivity contribution in [3.63, 3.8) is 0 Å². The Morgan fingerprint density at radius 2 is 1.86 bits per heavy atom. The summed E-state index contributed by atoms with van der Waals surface area (Å²) in [6.07, 6.45) is 8.41. The van der Waals surface area contributed by atoms with Crippen molar-refractivity contribution in [1.82, 2.24) is 10.2 Å². The number of nitrogens with two attached hydrogens (primary N) is 2. The van der Waals surface area contributed by atoms with Gasteiger partial charge >= 0.3 is 12.1 Å². The molecule has 198 valence electrons. The zero-order chi connectivity index (χ0) is 26.2. The molecular weight excluding hydrogens is 452 g/mol. The maximum Gasteiger partial charge on any atom is 0.408 e. The van der Waals surface area contributed by atoms with Gasteiger partial charge in [0.25, 0.3) is 0 Å². The fourth-order valence-corrected chi connectivity index (χ4v) is 4.30. The fraction of sp³-hybridized carbons (Fsp3) is 0.760. The minimum Gasteiger partial charge on any atom is -0.466 e. The Hall–Kier alpha value is -2.62. The number of ether oxygens (including phenoxy) is 2. The van der Waals surface area contributed by atoms with Gasteiger partial charge in [-0.25, -0.2) is 4.79 Å². The van der Waals surface area contributed by atoms with Crippen LogP contribution in [0.15, 0.2) is 12.2 Å². The highest BCUT2D eigenvalue weighted by Crippen LogP contribution is 2.40. The van der Waals surface area contributed by atoms with E-state index in [1.165, 1.54) is 4.90 Å². The van der Waals surface area contributed by atoms with Crippen molar-refractivity contribution >= 4 is 23.9 Å². The van der Waals surface area contributed by atoms with E-state index in [2.05, 4.69) is 17.5 Å². The van der Waals surface area contributed by atoms with Crippen molar-refractivity contribution in [3.05, 3.63) is 12.2 Å². The normalized spacial score (nSPS) is 24.8. The zero-order valence-electron chi connectivity index (χ0n) is 21.5. The van der Waals surface area contributed by atoms with Gasteiger partial charge in [-0.15, -0.1) is 0 Å². The van der Waals surface area contributed by atoms with Gasteiger partial charge in [-0.05, 0) is 65.7 Å². The summed E-state index contributed by atoms with van der Waals surface area (Å²) < 4.78 is 10.4. The van der Waals surface area contributed by atoms with Crippen LogP contribution in [0.2, 0.25) is 0 Å². The van der Waals surface area contributed by atoms with Gasteiger partial charge in [0.15, 0.2) is 0 Å². The number of rotatable bonds is 12. The van der Waals surface area contributed by atoms with Crippen LogP contribution in [0.1, 0.15) is 72.6 Å². The molecule has 1 aliphatic heterocycles. The van der Waals surface area contributed by atoms with Crippen LogP contribution in [-0.4, -0.2) is 65.7 Å². The number of nitrogens with one attached hydrogen (secondary N) is 1. The lowest BCUT2D eigenvalue weighted by molar-refractivity contribution is -0.144. The molecule has 1 heterocycles. The third-order valence-corrected chi connectivity index (χ3v) is 6.11. The van der Waals surface area contributed by atoms with E-state index in [4.69, 9.17) is 20.9 Å². The number of carbonyl (C=O) groups excluding carboxylic acids is 4. The molecule has 3 amide bonds. The van der Waals surface area contributed by atoms with E-state index in [0.29, 0.717) is 25.9 Å². The quantitative estimate of drug-likeness (QED) is 0.213. The van der Waals surface area contributed by atoms with Gasteiger partial charge in [-0.2, -0.15) is 0 Å². The molecule has 2 rings (SSSR count). The molecule has 10 heteroatoms. The molecule has 0 unspecified atom stereocenters. The SMILES string of the molecule is CCOC(=O)[C@H]1C[C@H]1/C=C\CCCCC[C@H](NC(=O)OC(C)(C)C)C(=O)N1C[C@H](N)C[C@H]1C(N)=O. The molecule has 1 saturated carbocycles. The van der Waals surface area contributed by atoms with E-state index in [1.807, 2.05) is 6.92 Å². The van der Waals surface area contributed by atoms with Crippen molar-refractivity contribution in [1.29, 1.82) is 0 Å². The summed E-state index contributed by atoms with van der Waals surface area (Å²) in [4.78, 5) is 50.5. The number of allylic oxidation sites excluding steroid dienone is 2. The van der Waals surface area contributed by atoms with Gasteiger partial charge in [-0.1, -0.05) is 25.0 Å². The average molecular weight is 495 g/mol. The van der Waals surface area contributed by atoms with Gasteiger partial charge in [0, 0.05) is 12.6 Å². The summed E-state index contributed by atoms with van der Waals surface area (Å²) in [5, 5.41) is 2.67. The maximum atomic E-state index is 13.2. The average Bonchev–Trinajstić information content (AvgIpc) is 3.42. The molecule has 10 nitrogen and oxygen atoms in total. The van der Waals surface area contributed by atoms with Crippen LogP contribution in [0.25, 0.3) is 0 Å². The first-order valence-electron chi connectivity index (χ1n) is 12.6. The minimum atomic E-state index is -0.829. The number of primary amides is 1. The summed E-state index contributed by atoms with van der Waals surface area (Å²) in [7, 11) is 0. The van der Waals surface area contributed by atoms with Gasteiger partial charge < -0.3 is 31.2 Å². The Morgan fingerprint density at radius 3 is 2.49 bits per heavy atom. The molecule has 5 N–H and O–H groups in total. The van der Waals surface area contributed by atoms with Crippen LogP contribution in [0.3, 0.4) is 0 Å². The Labute approximate surface area is 208 Å². The number of alkyl carbamates (subject to hydrolysis) is 1. The van der Waals surface area contributed by atoms with Crippen molar-refractivity contribution < 1.29 is 28.7 Å². The van der Waals surface area contributed by atoms with Crippen LogP contribution in [-0.2, 0) is 23.9 Å². The third kappa shape index (κ3) is 9.51. The zero-order valence-corrected chi connectivity index (χ0v) is 21.5. The molecule has 0 aromatic heterocycles. The number of carbonyl (C=O) groups is 4. The van der Waals surface area contributed by atoms with E-state index in [0.717, 1.165) is 25.7 Å². The lowest BCUT2D eigenvalue weighted by atomic mass is 10.0. The molecule has 2 aliphatic rings. The number of hydrogen-bond donors (Lipinski definition) is 3. The van der Waals surface area contributed by atoms with E-state index in [-0.39, 0.29) is 36.3 Å². The van der Waals surface area contributed by atoms with Crippen LogP contribution < -0.4 is 16.8 Å². The van der Waals surface area contributed by atoms with E-state index in [9.17, 15) is 19.2 Å². The van der Waals surface area contributed by atoms with Crippen LogP contribution in [0.5, 0.6) is 0 Å². The predicted octanol–water partition coefficient (Wildman–Crippen LogP) is 2.00. The van der Waals surface area contributed by atoms with Gasteiger partial charge in [0.1, 0.15) is 17.7 Å². The first kappa shape index (κ1) is 28.6. The number of hydrogen-bond acceptors (Lipinski definition) is 7. The standard InChI is InChI=1S/C25H42N4O6/c1-5-34-23(32)18-13-16(18)11-9-7-6-8-10-12-19(28-24(33)35-25(2,3)4)22(31)29-15-17(26)14-20(29)21(27)30/h9,11,16-20H,5-8,10,12-15,26H2,1-4H3,(H2,27,30)(H,28,33)/b11-9-/t16-,17-,18+,19+,20+/m1/s1. The summed E-state index contributed by atoms with van der Waals surface area (Å²) >= 11 is 0. The summed E-state index contributed by atoms with van der Waals surface area (Å²) in [6.45, 7) is 7.67. The monoisotopic (exact) mass is 494 g/mol. The number of unbranched alkanes of at least 4 members (excludes halogenated alkanes) is 3. The highest BCUT2D eigenvalue weighted by atomic mass is 16.6. The van der Waals surface area contributed by atoms with E-state index < -0.39 is 29.7 Å². The molecule has 1 saturated heterocycles. The molecule has 5 atom stereocenters. The molecule has 1 aliphatic carbocycles. The number of esters is 1. The molecule has 0 bridgehead atoms. The van der Waals surface area contributed by atoms with Gasteiger partial charge in [0.2, 0.25) is 11.8 Å². The first-order valence-corrected chi connectivity index (χ1v) is 12.6. The Kier molecular flexibility index (Phi) is 10.5. The van der Waals surface area contributed by atoms with E-state index >= 15 is 0 Å². The van der Waals surface area contributed by atoms with Crippen molar-refractivity contribution in [2.24, 2.45) is 23.3 Å². The topological polar surface area (TPSA) is 154 Å². The second kappa shape index (κ2) is 12.9. The smallest absolute Gasteiger partial charge is 0.408 e. The highest BCUT2D eigenvalue weighted by Gasteiger charge is 2.42. The second-order valence-corrected chi connectivity index (χ2v) is 10.4. The van der Waals surface area contributed by atoms with Gasteiger partial charge in [0.05, 0.1) is 12.5 Å². The molecule has 0 spiro atoms. The molecular formula is C25H42N4O6. The predicted molar refractivity (Wildman–Crippen MR) is 131 cm³/mol. The first-order chi connectivity index (χ1) is 16.4. The van der Waals surface area contributed by atoms with Crippen molar-refractivity contribution in [2.75, 3.05) is 13.2 Å². The largest absolute Gasteiger partial charge is 0.466 e. The lowest BCUT2D eigenvalue weighted by Gasteiger charge is -2.28. The second-order valence-electron chi connectivity index (χ2n) is 10.4. The third-order valence-electron chi connectivity index (χ3n) is 6.11. The summed E-state index contributed by atoms with van der Waals surface area (Å²) in [6, 6.07) is -1.93. The Balaban J connectivity index is 1.84. The molecule has 0 aromatic carbocycles. The Morgan fingerprint density at radius 1 is 1.14 bits per heavy atom. The van der Waals surface area contributed by atoms with Gasteiger partial charge in [-0.3, -0.25) is 14.4 Å². The fourth-order valence-electron chi connectivity index (χ4n) is 4.30. The number of amides is 3. The van der Waals surface area contributed by atoms with Crippen molar-refractivity contribution in [3.8, 4) is 0 Å². The highest BCUT2D eigenvalue weighted by molar-refractivity contribution is 5.91. The molecule has 0 aromatic rings. The molecule has 2 fully saturated rings. The van der Waals surface area contributed by atoms with Crippen LogP contribution in [0, 0.1) is 11.8 Å². The maximum absolute atomic E-state index is 13.2. The van der Waals surface area contributed by atoms with Crippen molar-refractivity contribution in [2.45, 2.75) is 96.4 Å². The molecule has 0 radical (unpaired) electrons. The summed E-state index contributed by atoms with van der Waals surface area (Å²) in [5.41, 5.74) is 10.7. The van der Waals surface area contributed by atoms with Crippen LogP contribution >= 0.6 is 0 Å². The lowest BCUT2D eigenvalue weighted by Crippen LogP contribution is -2.53. The minimum absolute atomic E-state index is 0.000154. The van der Waals surface area contributed by atoms with E-state index in [1.54, 1.807) is 20.8 Å². The number of likely N-dealkylation sites (tertiary alicyclic amines) is 1. The number of nitrogens with zero attached hydrogens (tertiary/aromatic N) is 1. The Bertz CT molecular complexity index is 793.